The third kappa shape index (κ3) is 11.0. The summed E-state index contributed by atoms with van der Waals surface area (Å²) in [6.45, 7) is 14.4. The van der Waals surface area contributed by atoms with Gasteiger partial charge in [0.15, 0.2) is 0 Å². The zero-order valence-corrected chi connectivity index (χ0v) is 19.4. The summed E-state index contributed by atoms with van der Waals surface area (Å²) in [5, 5.41) is 9.74. The molecule has 0 aliphatic rings. The van der Waals surface area contributed by atoms with Crippen LogP contribution in [0.1, 0.15) is 75.2 Å². The van der Waals surface area contributed by atoms with Crippen molar-refractivity contribution in [1.29, 1.82) is 0 Å². The fourth-order valence-corrected chi connectivity index (χ4v) is 2.13. The van der Waals surface area contributed by atoms with E-state index in [-0.39, 0.29) is 12.8 Å². The zero-order chi connectivity index (χ0) is 24.1. The normalized spacial score (nSPS) is 14.3. The highest BCUT2D eigenvalue weighted by Crippen LogP contribution is 2.22. The molecule has 2 atom stereocenters. The Bertz CT molecular complexity index is 613. The number of primary amides is 1. The third-order valence-electron chi connectivity index (χ3n) is 3.21. The molecule has 0 saturated carbocycles. The van der Waals surface area contributed by atoms with Crippen molar-refractivity contribution < 1.29 is 38.5 Å². The summed E-state index contributed by atoms with van der Waals surface area (Å²) in [4.78, 5) is 50.2. The number of aliphatic hydroxyl groups is 1. The summed E-state index contributed by atoms with van der Waals surface area (Å²) in [7, 11) is 0. The van der Waals surface area contributed by atoms with Crippen LogP contribution >= 0.6 is 0 Å². The fraction of sp³-hybridized carbons (Fsp3) is 0.800. The van der Waals surface area contributed by atoms with E-state index in [1.54, 1.807) is 62.3 Å². The third-order valence-corrected chi connectivity index (χ3v) is 3.21. The number of ether oxygens (including phenoxy) is 3. The molecule has 3 amide bonds. The minimum Gasteiger partial charge on any atom is -0.458 e. The molecule has 0 rings (SSSR count). The largest absolute Gasteiger partial charge is 0.458 e. The maximum Gasteiger partial charge on any atom is 0.420 e. The molecule has 3 N–H and O–H groups in total. The van der Waals surface area contributed by atoms with Gasteiger partial charge in [-0.2, -0.15) is 4.90 Å². The molecule has 0 radical (unpaired) electrons. The van der Waals surface area contributed by atoms with Gasteiger partial charge in [-0.1, -0.05) is 0 Å². The van der Waals surface area contributed by atoms with Gasteiger partial charge in [-0.15, -0.1) is 0 Å². The summed E-state index contributed by atoms with van der Waals surface area (Å²) >= 11 is 0. The van der Waals surface area contributed by atoms with Crippen LogP contribution in [0.2, 0.25) is 0 Å². The molecule has 10 heteroatoms. The van der Waals surface area contributed by atoms with Crippen molar-refractivity contribution in [2.45, 2.75) is 104 Å². The van der Waals surface area contributed by atoms with Crippen molar-refractivity contribution in [1.82, 2.24) is 4.90 Å². The molecule has 0 aliphatic carbocycles. The van der Waals surface area contributed by atoms with E-state index in [0.29, 0.717) is 4.90 Å². The van der Waals surface area contributed by atoms with Crippen molar-refractivity contribution in [3.63, 3.8) is 0 Å². The molecule has 174 valence electrons. The van der Waals surface area contributed by atoms with Crippen molar-refractivity contribution in [2.75, 3.05) is 0 Å². The van der Waals surface area contributed by atoms with Crippen molar-refractivity contribution >= 4 is 24.1 Å². The molecule has 0 heterocycles. The molecule has 1 unspecified atom stereocenters. The lowest BCUT2D eigenvalue weighted by Crippen LogP contribution is -2.53. The number of aliphatic hydroxyl groups excluding tert-OH is 1. The second-order valence-electron chi connectivity index (χ2n) is 9.88. The van der Waals surface area contributed by atoms with Gasteiger partial charge in [0.1, 0.15) is 28.9 Å². The van der Waals surface area contributed by atoms with Crippen LogP contribution in [0.3, 0.4) is 0 Å². The summed E-state index contributed by atoms with van der Waals surface area (Å²) in [6.07, 6.45) is -4.41. The molecule has 0 aromatic rings. The number of amides is 3. The molecular weight excluding hydrogens is 396 g/mol. The SMILES string of the molecule is CC(C)(C)OC(=O)[C@H](CCC(O)C(N)=O)N(C(=O)OC(C)(C)C)C(=O)OC(C)(C)C. The average molecular weight is 433 g/mol. The van der Waals surface area contributed by atoms with Crippen molar-refractivity contribution in [2.24, 2.45) is 5.73 Å². The molecule has 10 nitrogen and oxygen atoms in total. The van der Waals surface area contributed by atoms with Crippen LogP contribution in [0.15, 0.2) is 0 Å². The summed E-state index contributed by atoms with van der Waals surface area (Å²) in [5.74, 6) is -1.92. The van der Waals surface area contributed by atoms with Crippen LogP contribution in [0.5, 0.6) is 0 Å². The van der Waals surface area contributed by atoms with Crippen LogP contribution in [-0.4, -0.2) is 63.0 Å². The quantitative estimate of drug-likeness (QED) is 0.481. The number of nitrogens with zero attached hydrogens (tertiary/aromatic N) is 1. The number of hydrogen-bond acceptors (Lipinski definition) is 8. The van der Waals surface area contributed by atoms with Gasteiger partial charge >= 0.3 is 18.2 Å². The number of imide groups is 1. The number of rotatable bonds is 6. The van der Waals surface area contributed by atoms with Gasteiger partial charge in [-0.05, 0) is 75.2 Å². The van der Waals surface area contributed by atoms with Crippen LogP contribution < -0.4 is 5.73 Å². The first-order valence-electron chi connectivity index (χ1n) is 9.69. The Morgan fingerprint density at radius 2 is 1.13 bits per heavy atom. The highest BCUT2D eigenvalue weighted by Gasteiger charge is 2.42. The maximum absolute atomic E-state index is 12.8. The fourth-order valence-electron chi connectivity index (χ4n) is 2.13. The molecule has 30 heavy (non-hydrogen) atoms. The van der Waals surface area contributed by atoms with Gasteiger partial charge in [0.05, 0.1) is 0 Å². The van der Waals surface area contributed by atoms with Crippen LogP contribution in [-0.2, 0) is 23.8 Å². The molecule has 0 aromatic carbocycles. The lowest BCUT2D eigenvalue weighted by atomic mass is 10.1. The number of carbonyl (C=O) groups is 4. The highest BCUT2D eigenvalue weighted by molar-refractivity contribution is 5.94. The van der Waals surface area contributed by atoms with E-state index in [4.69, 9.17) is 19.9 Å². The number of esters is 1. The van der Waals surface area contributed by atoms with E-state index in [9.17, 15) is 24.3 Å². The molecule has 0 aliphatic heterocycles. The standard InChI is InChI=1S/C20H36N2O8/c1-18(2,3)28-15(25)12(10-11-13(23)14(21)24)22(16(26)29-19(4,5)6)17(27)30-20(7,8)9/h12-13,23H,10-11H2,1-9H3,(H2,21,24)/t12-,13?/m0/s1. The predicted octanol–water partition coefficient (Wildman–Crippen LogP) is 2.50. The Hall–Kier alpha value is -2.36. The van der Waals surface area contributed by atoms with E-state index in [2.05, 4.69) is 0 Å². The van der Waals surface area contributed by atoms with E-state index in [0.717, 1.165) is 0 Å². The zero-order valence-electron chi connectivity index (χ0n) is 19.4. The summed E-state index contributed by atoms with van der Waals surface area (Å²) in [5.41, 5.74) is 2.20. The van der Waals surface area contributed by atoms with Crippen LogP contribution in [0.25, 0.3) is 0 Å². The molecule has 0 fully saturated rings. The highest BCUT2D eigenvalue weighted by atomic mass is 16.6. The predicted molar refractivity (Wildman–Crippen MR) is 108 cm³/mol. The maximum atomic E-state index is 12.8. The number of hydrogen-bond donors (Lipinski definition) is 2. The molecule has 0 spiro atoms. The second-order valence-corrected chi connectivity index (χ2v) is 9.88. The van der Waals surface area contributed by atoms with Gasteiger partial charge in [0.25, 0.3) is 0 Å². The topological polar surface area (TPSA) is 145 Å². The first-order chi connectivity index (χ1) is 13.2. The van der Waals surface area contributed by atoms with E-state index in [1.807, 2.05) is 0 Å². The van der Waals surface area contributed by atoms with Crippen molar-refractivity contribution in [3.05, 3.63) is 0 Å². The molecule has 0 saturated heterocycles. The number of carbonyl (C=O) groups excluding carboxylic acids is 4. The Labute approximate surface area is 178 Å². The van der Waals surface area contributed by atoms with E-state index in [1.165, 1.54) is 0 Å². The lowest BCUT2D eigenvalue weighted by molar-refractivity contribution is -0.161. The summed E-state index contributed by atoms with van der Waals surface area (Å²) in [6, 6.07) is -1.51. The van der Waals surface area contributed by atoms with Gasteiger partial charge in [-0.25, -0.2) is 14.4 Å². The summed E-state index contributed by atoms with van der Waals surface area (Å²) < 4.78 is 15.9. The second kappa shape index (κ2) is 10.1. The van der Waals surface area contributed by atoms with Gasteiger partial charge in [-0.3, -0.25) is 4.79 Å². The molecular formula is C20H36N2O8. The first-order valence-corrected chi connectivity index (χ1v) is 9.69. The number of nitrogens with two attached hydrogens (primary N) is 1. The molecule has 0 bridgehead atoms. The Kier molecular flexibility index (Phi) is 9.31. The van der Waals surface area contributed by atoms with Gasteiger partial charge in [0, 0.05) is 0 Å². The first kappa shape index (κ1) is 27.6. The minimum atomic E-state index is -1.57. The smallest absolute Gasteiger partial charge is 0.420 e. The van der Waals surface area contributed by atoms with E-state index < -0.39 is 53.0 Å². The van der Waals surface area contributed by atoms with Gasteiger partial charge < -0.3 is 25.1 Å². The molecule has 0 aromatic heterocycles. The monoisotopic (exact) mass is 432 g/mol. The Balaban J connectivity index is 6.11. The Morgan fingerprint density at radius 3 is 1.43 bits per heavy atom. The average Bonchev–Trinajstić information content (AvgIpc) is 2.44. The van der Waals surface area contributed by atoms with Crippen LogP contribution in [0, 0.1) is 0 Å². The van der Waals surface area contributed by atoms with Gasteiger partial charge in [0.2, 0.25) is 5.91 Å². The van der Waals surface area contributed by atoms with Crippen LogP contribution in [0.4, 0.5) is 9.59 Å². The Morgan fingerprint density at radius 1 is 0.767 bits per heavy atom. The lowest BCUT2D eigenvalue weighted by Gasteiger charge is -2.34. The minimum absolute atomic E-state index is 0.290. The van der Waals surface area contributed by atoms with Crippen molar-refractivity contribution in [3.8, 4) is 0 Å². The van der Waals surface area contributed by atoms with E-state index >= 15 is 0 Å².